The normalized spacial score (nSPS) is 51.3. The van der Waals surface area contributed by atoms with E-state index in [0.717, 1.165) is 24.7 Å². The number of hydrogen-bond donors (Lipinski definition) is 0. The minimum atomic E-state index is -0.122. The second-order valence-electron chi connectivity index (χ2n) is 14.8. The summed E-state index contributed by atoms with van der Waals surface area (Å²) in [5, 5.41) is 0. The van der Waals surface area contributed by atoms with Crippen LogP contribution in [-0.4, -0.2) is 12.1 Å². The lowest BCUT2D eigenvalue weighted by molar-refractivity contribution is -0.179. The molecule has 0 heterocycles. The lowest BCUT2D eigenvalue weighted by atomic mass is 9.35. The first-order valence-corrected chi connectivity index (χ1v) is 14.2. The van der Waals surface area contributed by atoms with Crippen LogP contribution in [0.5, 0.6) is 0 Å². The Hall–Kier alpha value is -1.05. The van der Waals surface area contributed by atoms with Crippen molar-refractivity contribution in [3.63, 3.8) is 0 Å². The summed E-state index contributed by atoms with van der Waals surface area (Å²) in [5.74, 6) is 2.72. The second kappa shape index (κ2) is 7.48. The molecule has 190 valence electrons. The SMILES string of the molecule is C=C(C)C1CCC2(C)CCC3(C)C(CC=C4C5(C)CCC(OC(C)=O)C(C)(C)C5CCC43C)C12. The molecule has 4 saturated carbocycles. The Morgan fingerprint density at radius 2 is 1.65 bits per heavy atom. The van der Waals surface area contributed by atoms with Gasteiger partial charge in [0.1, 0.15) is 6.10 Å². The van der Waals surface area contributed by atoms with E-state index in [-0.39, 0.29) is 28.3 Å². The monoisotopic (exact) mass is 466 g/mol. The molecule has 34 heavy (non-hydrogen) atoms. The summed E-state index contributed by atoms with van der Waals surface area (Å²) in [6.45, 7) is 23.6. The number of allylic oxidation sites excluding steroid dienone is 3. The molecule has 2 nitrogen and oxygen atoms in total. The summed E-state index contributed by atoms with van der Waals surface area (Å²) in [5.41, 5.74) is 4.57. The predicted molar refractivity (Wildman–Crippen MR) is 140 cm³/mol. The first-order chi connectivity index (χ1) is 15.7. The molecule has 5 rings (SSSR count). The standard InChI is InChI=1S/C32H50O2/c1-20(2)22-12-15-29(6)18-19-31(8)23(27(22)29)10-11-25-30(7)16-14-26(34-21(3)33)28(4,5)24(30)13-17-32(25,31)9/h11,22-24,26-27H,1,10,12-19H2,2-9H3. The number of carbonyl (C=O) groups is 1. The first-order valence-electron chi connectivity index (χ1n) is 14.2. The number of rotatable bonds is 2. The maximum absolute atomic E-state index is 11.9. The van der Waals surface area contributed by atoms with Crippen molar-refractivity contribution >= 4 is 5.97 Å². The molecule has 9 atom stereocenters. The van der Waals surface area contributed by atoms with Crippen LogP contribution in [-0.2, 0) is 9.53 Å². The maximum atomic E-state index is 11.9. The smallest absolute Gasteiger partial charge is 0.302 e. The summed E-state index contributed by atoms with van der Waals surface area (Å²) >= 11 is 0. The number of hydrogen-bond acceptors (Lipinski definition) is 2. The van der Waals surface area contributed by atoms with E-state index in [4.69, 9.17) is 4.74 Å². The van der Waals surface area contributed by atoms with Gasteiger partial charge in [0, 0.05) is 12.3 Å². The molecule has 0 aromatic rings. The van der Waals surface area contributed by atoms with Gasteiger partial charge in [0.15, 0.2) is 0 Å². The van der Waals surface area contributed by atoms with Crippen molar-refractivity contribution in [2.24, 2.45) is 50.7 Å². The highest BCUT2D eigenvalue weighted by Crippen LogP contribution is 2.76. The highest BCUT2D eigenvalue weighted by Gasteiger charge is 2.68. The molecule has 0 N–H and O–H groups in total. The van der Waals surface area contributed by atoms with Crippen LogP contribution >= 0.6 is 0 Å². The highest BCUT2D eigenvalue weighted by molar-refractivity contribution is 5.66. The van der Waals surface area contributed by atoms with Crippen LogP contribution in [0.2, 0.25) is 0 Å². The van der Waals surface area contributed by atoms with Crippen LogP contribution in [0.15, 0.2) is 23.8 Å². The van der Waals surface area contributed by atoms with Crippen LogP contribution in [0.3, 0.4) is 0 Å². The largest absolute Gasteiger partial charge is 0.462 e. The molecule has 0 radical (unpaired) electrons. The third-order valence-electron chi connectivity index (χ3n) is 13.1. The molecule has 0 aromatic heterocycles. The molecular weight excluding hydrogens is 416 g/mol. The topological polar surface area (TPSA) is 26.3 Å². The van der Waals surface area contributed by atoms with Crippen LogP contribution in [0.4, 0.5) is 0 Å². The van der Waals surface area contributed by atoms with E-state index in [0.29, 0.717) is 22.7 Å². The average molecular weight is 467 g/mol. The number of carbonyl (C=O) groups excluding carboxylic acids is 1. The summed E-state index contributed by atoms with van der Waals surface area (Å²) in [6, 6.07) is 0. The Labute approximate surface area is 209 Å². The Kier molecular flexibility index (Phi) is 5.42. The zero-order valence-electron chi connectivity index (χ0n) is 23.4. The van der Waals surface area contributed by atoms with E-state index < -0.39 is 0 Å². The Bertz CT molecular complexity index is 927. The van der Waals surface area contributed by atoms with Crippen molar-refractivity contribution in [3.8, 4) is 0 Å². The maximum Gasteiger partial charge on any atom is 0.302 e. The van der Waals surface area contributed by atoms with Gasteiger partial charge >= 0.3 is 5.97 Å². The van der Waals surface area contributed by atoms with Gasteiger partial charge in [0.25, 0.3) is 0 Å². The Balaban J connectivity index is 1.55. The fourth-order valence-corrected chi connectivity index (χ4v) is 11.1. The number of esters is 1. The average Bonchev–Trinajstić information content (AvgIpc) is 3.08. The molecule has 0 amide bonds. The van der Waals surface area contributed by atoms with Crippen molar-refractivity contribution in [1.29, 1.82) is 0 Å². The molecule has 9 unspecified atom stereocenters. The molecule has 0 saturated heterocycles. The van der Waals surface area contributed by atoms with Gasteiger partial charge in [-0.3, -0.25) is 4.79 Å². The summed E-state index contributed by atoms with van der Waals surface area (Å²) < 4.78 is 5.89. The first kappa shape index (κ1) is 24.6. The quantitative estimate of drug-likeness (QED) is 0.301. The second-order valence-corrected chi connectivity index (χ2v) is 14.8. The van der Waals surface area contributed by atoms with Gasteiger partial charge in [-0.2, -0.15) is 0 Å². The van der Waals surface area contributed by atoms with Crippen molar-refractivity contribution in [3.05, 3.63) is 23.8 Å². The lowest BCUT2D eigenvalue weighted by Gasteiger charge is -2.69. The van der Waals surface area contributed by atoms with E-state index in [9.17, 15) is 4.79 Å². The molecule has 0 spiro atoms. The van der Waals surface area contributed by atoms with E-state index in [1.807, 2.05) is 0 Å². The van der Waals surface area contributed by atoms with Gasteiger partial charge in [-0.15, -0.1) is 0 Å². The zero-order valence-corrected chi connectivity index (χ0v) is 23.4. The molecule has 4 fully saturated rings. The lowest BCUT2D eigenvalue weighted by Crippen LogP contribution is -2.62. The van der Waals surface area contributed by atoms with Crippen molar-refractivity contribution in [2.75, 3.05) is 0 Å². The molecule has 0 aromatic carbocycles. The van der Waals surface area contributed by atoms with Crippen molar-refractivity contribution in [2.45, 2.75) is 119 Å². The van der Waals surface area contributed by atoms with Gasteiger partial charge in [0.05, 0.1) is 0 Å². The van der Waals surface area contributed by atoms with Gasteiger partial charge in [-0.05, 0) is 110 Å². The van der Waals surface area contributed by atoms with Gasteiger partial charge < -0.3 is 4.74 Å². The fourth-order valence-electron chi connectivity index (χ4n) is 11.1. The minimum Gasteiger partial charge on any atom is -0.462 e. The van der Waals surface area contributed by atoms with E-state index in [1.165, 1.54) is 50.5 Å². The molecular formula is C32H50O2. The van der Waals surface area contributed by atoms with Crippen molar-refractivity contribution in [1.82, 2.24) is 0 Å². The molecule has 5 aliphatic rings. The van der Waals surface area contributed by atoms with Crippen molar-refractivity contribution < 1.29 is 9.53 Å². The molecule has 0 bridgehead atoms. The van der Waals surface area contributed by atoms with Crippen LogP contribution in [0.1, 0.15) is 113 Å². The van der Waals surface area contributed by atoms with Gasteiger partial charge in [-0.1, -0.05) is 65.3 Å². The van der Waals surface area contributed by atoms with E-state index in [1.54, 1.807) is 12.5 Å². The highest BCUT2D eigenvalue weighted by atomic mass is 16.5. The number of fused-ring (bicyclic) bond motifs is 7. The van der Waals surface area contributed by atoms with E-state index >= 15 is 0 Å². The Morgan fingerprint density at radius 1 is 0.941 bits per heavy atom. The van der Waals surface area contributed by atoms with Crippen LogP contribution in [0, 0.1) is 50.7 Å². The molecule has 2 heteroatoms. The molecule has 5 aliphatic carbocycles. The predicted octanol–water partition coefficient (Wildman–Crippen LogP) is 8.52. The number of ether oxygens (including phenoxy) is 1. The third kappa shape index (κ3) is 3.02. The summed E-state index contributed by atoms with van der Waals surface area (Å²) in [6.07, 6.45) is 14.2. The van der Waals surface area contributed by atoms with Gasteiger partial charge in [0.2, 0.25) is 0 Å². The van der Waals surface area contributed by atoms with Crippen LogP contribution in [0.25, 0.3) is 0 Å². The third-order valence-corrected chi connectivity index (χ3v) is 13.1. The molecule has 0 aliphatic heterocycles. The van der Waals surface area contributed by atoms with Gasteiger partial charge in [-0.25, -0.2) is 0 Å². The minimum absolute atomic E-state index is 0.0141. The summed E-state index contributed by atoms with van der Waals surface area (Å²) in [7, 11) is 0. The zero-order chi connectivity index (χ0) is 24.9. The summed E-state index contributed by atoms with van der Waals surface area (Å²) in [4.78, 5) is 11.9. The van der Waals surface area contributed by atoms with Crippen LogP contribution < -0.4 is 0 Å². The Morgan fingerprint density at radius 3 is 2.29 bits per heavy atom. The fraction of sp³-hybridized carbons (Fsp3) is 0.844. The van der Waals surface area contributed by atoms with E-state index in [2.05, 4.69) is 61.1 Å².